The van der Waals surface area contributed by atoms with E-state index in [2.05, 4.69) is 0 Å². The Labute approximate surface area is 201 Å². The topological polar surface area (TPSA) is 116 Å². The van der Waals surface area contributed by atoms with Crippen LogP contribution in [0.3, 0.4) is 0 Å². The Morgan fingerprint density at radius 1 is 1.00 bits per heavy atom. The molecule has 3 atom stereocenters. The van der Waals surface area contributed by atoms with Crippen LogP contribution in [0.2, 0.25) is 0 Å². The van der Waals surface area contributed by atoms with Crippen LogP contribution in [-0.2, 0) is 16.1 Å². The average Bonchev–Trinajstić information content (AvgIpc) is 2.77. The quantitative estimate of drug-likeness (QED) is 0.356. The molecule has 0 saturated carbocycles. The number of carbonyl (C=O) groups is 2. The zero-order valence-corrected chi connectivity index (χ0v) is 20.6. The van der Waals surface area contributed by atoms with Gasteiger partial charge >= 0.3 is 12.1 Å². The Balaban J connectivity index is 2.33. The minimum absolute atomic E-state index is 0.0432. The van der Waals surface area contributed by atoms with Crippen LogP contribution in [0.25, 0.3) is 0 Å². The summed E-state index contributed by atoms with van der Waals surface area (Å²) in [5.41, 5.74) is 7.19. The SMILES string of the molecule is CC(C)N(C[C@@H](O)[C@@H](C(=O)OCc1ccccc1)C(N)c1ccccc1)N(C(=O)O)C(C)(C)C. The lowest BCUT2D eigenvalue weighted by Gasteiger charge is -2.45. The van der Waals surface area contributed by atoms with Gasteiger partial charge in [-0.25, -0.2) is 14.8 Å². The molecule has 0 aliphatic rings. The molecule has 1 amide bonds. The number of nitrogens with zero attached hydrogens (tertiary/aromatic N) is 2. The van der Waals surface area contributed by atoms with Crippen LogP contribution >= 0.6 is 0 Å². The number of aliphatic hydroxyl groups is 1. The third-order valence-electron chi connectivity index (χ3n) is 5.53. The van der Waals surface area contributed by atoms with Crippen LogP contribution in [-0.4, -0.2) is 56.5 Å². The fraction of sp³-hybridized carbons (Fsp3) is 0.462. The fourth-order valence-corrected chi connectivity index (χ4v) is 3.86. The summed E-state index contributed by atoms with van der Waals surface area (Å²) in [6.07, 6.45) is -2.44. The van der Waals surface area contributed by atoms with E-state index in [1.807, 2.05) is 50.2 Å². The number of aliphatic hydroxyl groups excluding tert-OH is 1. The number of hydrazine groups is 1. The summed E-state index contributed by atoms with van der Waals surface area (Å²) in [4.78, 5) is 25.3. The van der Waals surface area contributed by atoms with E-state index in [1.54, 1.807) is 50.0 Å². The molecule has 186 valence electrons. The highest BCUT2D eigenvalue weighted by molar-refractivity contribution is 5.74. The maximum Gasteiger partial charge on any atom is 0.422 e. The number of nitrogens with two attached hydrogens (primary N) is 1. The van der Waals surface area contributed by atoms with E-state index >= 15 is 0 Å². The molecule has 0 saturated heterocycles. The van der Waals surface area contributed by atoms with E-state index in [0.29, 0.717) is 5.56 Å². The van der Waals surface area contributed by atoms with Gasteiger partial charge in [-0.3, -0.25) is 4.79 Å². The van der Waals surface area contributed by atoms with Crippen LogP contribution in [0.1, 0.15) is 51.8 Å². The van der Waals surface area contributed by atoms with E-state index in [1.165, 1.54) is 5.01 Å². The van der Waals surface area contributed by atoms with E-state index in [0.717, 1.165) is 5.56 Å². The number of carbonyl (C=O) groups excluding carboxylic acids is 1. The molecule has 0 aliphatic heterocycles. The first-order valence-corrected chi connectivity index (χ1v) is 11.4. The van der Waals surface area contributed by atoms with Crippen molar-refractivity contribution in [2.75, 3.05) is 6.54 Å². The second-order valence-corrected chi connectivity index (χ2v) is 9.60. The number of benzene rings is 2. The molecule has 4 N–H and O–H groups in total. The van der Waals surface area contributed by atoms with Gasteiger partial charge in [-0.05, 0) is 45.7 Å². The normalized spacial score (nSPS) is 14.5. The van der Waals surface area contributed by atoms with E-state index in [9.17, 15) is 19.8 Å². The van der Waals surface area contributed by atoms with Gasteiger partial charge in [0.25, 0.3) is 0 Å². The molecule has 8 nitrogen and oxygen atoms in total. The average molecular weight is 472 g/mol. The Morgan fingerprint density at radius 3 is 2.00 bits per heavy atom. The molecule has 2 aromatic carbocycles. The summed E-state index contributed by atoms with van der Waals surface area (Å²) in [6.45, 7) is 8.88. The van der Waals surface area contributed by atoms with Crippen LogP contribution in [0.4, 0.5) is 4.79 Å². The molecule has 8 heteroatoms. The lowest BCUT2D eigenvalue weighted by atomic mass is 9.88. The van der Waals surface area contributed by atoms with Gasteiger partial charge in [0.1, 0.15) is 12.5 Å². The minimum Gasteiger partial charge on any atom is -0.464 e. The Bertz CT molecular complexity index is 915. The number of rotatable bonds is 10. The van der Waals surface area contributed by atoms with Gasteiger partial charge in [0, 0.05) is 18.6 Å². The van der Waals surface area contributed by atoms with Crippen molar-refractivity contribution in [3.8, 4) is 0 Å². The summed E-state index contributed by atoms with van der Waals surface area (Å²) >= 11 is 0. The first-order valence-electron chi connectivity index (χ1n) is 11.4. The second kappa shape index (κ2) is 12.0. The molecular weight excluding hydrogens is 434 g/mol. The fourth-order valence-electron chi connectivity index (χ4n) is 3.86. The van der Waals surface area contributed by atoms with Gasteiger partial charge in [0.15, 0.2) is 0 Å². The van der Waals surface area contributed by atoms with Crippen LogP contribution in [0, 0.1) is 5.92 Å². The van der Waals surface area contributed by atoms with Gasteiger partial charge in [-0.15, -0.1) is 0 Å². The molecule has 0 heterocycles. The molecular formula is C26H37N3O5. The Morgan fingerprint density at radius 2 is 1.53 bits per heavy atom. The molecule has 2 aromatic rings. The molecule has 0 aromatic heterocycles. The number of ether oxygens (including phenoxy) is 1. The van der Waals surface area contributed by atoms with Crippen molar-refractivity contribution in [1.82, 2.24) is 10.0 Å². The zero-order chi connectivity index (χ0) is 25.5. The smallest absolute Gasteiger partial charge is 0.422 e. The van der Waals surface area contributed by atoms with Crippen molar-refractivity contribution in [1.29, 1.82) is 0 Å². The predicted molar refractivity (Wildman–Crippen MR) is 131 cm³/mol. The summed E-state index contributed by atoms with van der Waals surface area (Å²) in [6, 6.07) is 17.1. The van der Waals surface area contributed by atoms with Crippen molar-refractivity contribution < 1.29 is 24.5 Å². The lowest BCUT2D eigenvalue weighted by molar-refractivity contribution is -0.159. The number of carboxylic acid groups (broad SMARTS) is 1. The van der Waals surface area contributed by atoms with Crippen LogP contribution in [0.5, 0.6) is 0 Å². The van der Waals surface area contributed by atoms with Crippen LogP contribution in [0.15, 0.2) is 60.7 Å². The summed E-state index contributed by atoms with van der Waals surface area (Å²) in [5.74, 6) is -1.75. The van der Waals surface area contributed by atoms with E-state index in [4.69, 9.17) is 10.5 Å². The highest BCUT2D eigenvalue weighted by Gasteiger charge is 2.40. The third kappa shape index (κ3) is 7.28. The van der Waals surface area contributed by atoms with Crippen molar-refractivity contribution in [2.24, 2.45) is 11.7 Å². The highest BCUT2D eigenvalue weighted by Crippen LogP contribution is 2.27. The van der Waals surface area contributed by atoms with Gasteiger partial charge in [-0.1, -0.05) is 60.7 Å². The molecule has 1 unspecified atom stereocenters. The van der Waals surface area contributed by atoms with Gasteiger partial charge < -0.3 is 20.7 Å². The minimum atomic E-state index is -1.29. The van der Waals surface area contributed by atoms with E-state index in [-0.39, 0.29) is 19.2 Å². The zero-order valence-electron chi connectivity index (χ0n) is 20.6. The van der Waals surface area contributed by atoms with Crippen LogP contribution < -0.4 is 5.73 Å². The van der Waals surface area contributed by atoms with Gasteiger partial charge in [-0.2, -0.15) is 0 Å². The predicted octanol–water partition coefficient (Wildman–Crippen LogP) is 3.81. The second-order valence-electron chi connectivity index (χ2n) is 9.60. The Hall–Kier alpha value is -2.94. The third-order valence-corrected chi connectivity index (χ3v) is 5.53. The molecule has 0 aliphatic carbocycles. The van der Waals surface area contributed by atoms with Crippen molar-refractivity contribution in [3.05, 3.63) is 71.8 Å². The van der Waals surface area contributed by atoms with Gasteiger partial charge in [0.05, 0.1) is 11.6 Å². The highest BCUT2D eigenvalue weighted by atomic mass is 16.5. The summed E-state index contributed by atoms with van der Waals surface area (Å²) < 4.78 is 5.54. The summed E-state index contributed by atoms with van der Waals surface area (Å²) in [7, 11) is 0. The first-order chi connectivity index (χ1) is 15.9. The monoisotopic (exact) mass is 471 g/mol. The number of hydrogen-bond donors (Lipinski definition) is 3. The maximum atomic E-state index is 13.2. The largest absolute Gasteiger partial charge is 0.464 e. The number of esters is 1. The molecule has 2 rings (SSSR count). The molecule has 34 heavy (non-hydrogen) atoms. The van der Waals surface area contributed by atoms with Gasteiger partial charge in [0.2, 0.25) is 0 Å². The van der Waals surface area contributed by atoms with Crippen molar-refractivity contribution >= 4 is 12.1 Å². The number of hydrogen-bond acceptors (Lipinski definition) is 6. The van der Waals surface area contributed by atoms with Crippen molar-refractivity contribution in [3.63, 3.8) is 0 Å². The molecule has 0 fully saturated rings. The summed E-state index contributed by atoms with van der Waals surface area (Å²) in [5, 5.41) is 23.9. The maximum absolute atomic E-state index is 13.2. The Kier molecular flexibility index (Phi) is 9.61. The standard InChI is InChI=1S/C26H37N3O5/c1-18(2)28(29(25(32)33)26(3,4)5)16-21(30)22(23(27)20-14-10-7-11-15-20)24(31)34-17-19-12-8-6-9-13-19/h6-15,18,21-23,30H,16-17,27H2,1-5H3,(H,32,33)/t21-,22-,23?/m1/s1. The molecule has 0 radical (unpaired) electrons. The first kappa shape index (κ1) is 27.3. The lowest BCUT2D eigenvalue weighted by Crippen LogP contribution is -2.60. The molecule has 0 spiro atoms. The van der Waals surface area contributed by atoms with E-state index < -0.39 is 35.7 Å². The molecule has 0 bridgehead atoms. The van der Waals surface area contributed by atoms with Crippen molar-refractivity contribution in [2.45, 2.75) is 65.0 Å². The number of amides is 1.